The Morgan fingerprint density at radius 2 is 2.00 bits per heavy atom. The second-order valence-corrected chi connectivity index (χ2v) is 7.59. The maximum atomic E-state index is 12.3. The molecule has 9 heteroatoms. The average Bonchev–Trinajstić information content (AvgIpc) is 3.03. The van der Waals surface area contributed by atoms with E-state index in [9.17, 15) is 9.59 Å². The van der Waals surface area contributed by atoms with Crippen LogP contribution in [0.4, 0.5) is 4.79 Å². The van der Waals surface area contributed by atoms with Gasteiger partial charge in [0, 0.05) is 12.6 Å². The highest BCUT2D eigenvalue weighted by atomic mass is 32.2. The van der Waals surface area contributed by atoms with Gasteiger partial charge in [-0.25, -0.2) is 4.79 Å². The van der Waals surface area contributed by atoms with Gasteiger partial charge in [-0.15, -0.1) is 16.8 Å². The van der Waals surface area contributed by atoms with Crippen LogP contribution in [-0.2, 0) is 11.3 Å². The first-order valence-electron chi connectivity index (χ1n) is 8.82. The molecule has 0 aliphatic rings. The molecule has 2 aromatic rings. The summed E-state index contributed by atoms with van der Waals surface area (Å²) in [5.74, 6) is 0.882. The van der Waals surface area contributed by atoms with Crippen LogP contribution in [0.25, 0.3) is 11.4 Å². The van der Waals surface area contributed by atoms with Gasteiger partial charge in [-0.1, -0.05) is 30.0 Å². The molecule has 0 aliphatic heterocycles. The Hall–Kier alpha value is -2.81. The summed E-state index contributed by atoms with van der Waals surface area (Å²) >= 11 is 1.22. The highest BCUT2D eigenvalue weighted by Gasteiger charge is 2.23. The lowest BCUT2D eigenvalue weighted by Gasteiger charge is -2.14. The maximum Gasteiger partial charge on any atom is 0.321 e. The van der Waals surface area contributed by atoms with Gasteiger partial charge in [0.1, 0.15) is 5.75 Å². The van der Waals surface area contributed by atoms with Crippen molar-refractivity contribution in [3.05, 3.63) is 36.9 Å². The normalized spacial score (nSPS) is 11.8. The first-order valence-corrected chi connectivity index (χ1v) is 9.70. The van der Waals surface area contributed by atoms with Crippen molar-refractivity contribution in [2.75, 3.05) is 7.11 Å². The molecular weight excluding hydrogens is 378 g/mol. The highest BCUT2D eigenvalue weighted by Crippen LogP contribution is 2.32. The molecule has 150 valence electrons. The summed E-state index contributed by atoms with van der Waals surface area (Å²) in [5, 5.41) is 13.5. The fraction of sp³-hybridized carbons (Fsp3) is 0.368. The van der Waals surface area contributed by atoms with Gasteiger partial charge in [0.25, 0.3) is 0 Å². The van der Waals surface area contributed by atoms with Crippen molar-refractivity contribution >= 4 is 23.7 Å². The molecule has 0 saturated carbocycles. The van der Waals surface area contributed by atoms with Crippen molar-refractivity contribution in [1.29, 1.82) is 0 Å². The van der Waals surface area contributed by atoms with Crippen LogP contribution >= 0.6 is 11.8 Å². The van der Waals surface area contributed by atoms with Crippen LogP contribution < -0.4 is 15.4 Å². The number of hydrogen-bond acceptors (Lipinski definition) is 6. The average molecular weight is 404 g/mol. The number of urea groups is 1. The molecule has 2 N–H and O–H groups in total. The first kappa shape index (κ1) is 21.5. The number of allylic oxidation sites excluding steroid dienone is 1. The predicted molar refractivity (Wildman–Crippen MR) is 109 cm³/mol. The molecule has 1 aromatic heterocycles. The highest BCUT2D eigenvalue weighted by molar-refractivity contribution is 8.00. The van der Waals surface area contributed by atoms with Gasteiger partial charge in [-0.05, 0) is 32.9 Å². The molecule has 0 radical (unpaired) electrons. The Bertz CT molecular complexity index is 850. The molecule has 1 heterocycles. The third kappa shape index (κ3) is 5.35. The molecule has 0 bridgehead atoms. The lowest BCUT2D eigenvalue weighted by atomic mass is 10.2. The minimum atomic E-state index is -0.545. The van der Waals surface area contributed by atoms with Crippen LogP contribution in [0.15, 0.2) is 42.1 Å². The van der Waals surface area contributed by atoms with Crippen LogP contribution in [0.5, 0.6) is 5.75 Å². The monoisotopic (exact) mass is 403 g/mol. The van der Waals surface area contributed by atoms with E-state index in [0.29, 0.717) is 23.3 Å². The quantitative estimate of drug-likeness (QED) is 0.520. The third-order valence-electron chi connectivity index (χ3n) is 3.68. The SMILES string of the molecule is C=CCn1c(S[C@H](C)C(=O)NC(=O)NC(C)C)nnc1-c1ccccc1OC. The lowest BCUT2D eigenvalue weighted by Crippen LogP contribution is -2.45. The molecule has 3 amide bonds. The Kier molecular flexibility index (Phi) is 7.62. The summed E-state index contributed by atoms with van der Waals surface area (Å²) in [5.41, 5.74) is 0.791. The molecule has 0 saturated heterocycles. The molecule has 28 heavy (non-hydrogen) atoms. The molecule has 0 fully saturated rings. The summed E-state index contributed by atoms with van der Waals surface area (Å²) in [6, 6.07) is 6.92. The van der Waals surface area contributed by atoms with Crippen molar-refractivity contribution in [3.8, 4) is 17.1 Å². The number of nitrogens with one attached hydrogen (secondary N) is 2. The maximum absolute atomic E-state index is 12.3. The molecule has 1 aromatic carbocycles. The Labute approximate surface area is 168 Å². The smallest absolute Gasteiger partial charge is 0.321 e. The number of imide groups is 1. The lowest BCUT2D eigenvalue weighted by molar-refractivity contribution is -0.119. The van der Waals surface area contributed by atoms with Crippen molar-refractivity contribution in [2.45, 2.75) is 43.8 Å². The molecule has 0 unspecified atom stereocenters. The summed E-state index contributed by atoms with van der Waals surface area (Å²) in [4.78, 5) is 24.0. The van der Waals surface area contributed by atoms with E-state index in [2.05, 4.69) is 27.4 Å². The first-order chi connectivity index (χ1) is 13.4. The second-order valence-electron chi connectivity index (χ2n) is 6.28. The predicted octanol–water partition coefficient (Wildman–Crippen LogP) is 2.85. The fourth-order valence-corrected chi connectivity index (χ4v) is 3.28. The van der Waals surface area contributed by atoms with Gasteiger partial charge in [0.2, 0.25) is 5.91 Å². The molecule has 2 rings (SSSR count). The minimum absolute atomic E-state index is 0.0603. The second kappa shape index (κ2) is 9.93. The van der Waals surface area contributed by atoms with Crippen LogP contribution in [-0.4, -0.2) is 45.1 Å². The minimum Gasteiger partial charge on any atom is -0.496 e. The van der Waals surface area contributed by atoms with E-state index in [1.165, 1.54) is 11.8 Å². The topological polar surface area (TPSA) is 98.1 Å². The molecule has 0 aliphatic carbocycles. The number of benzene rings is 1. The standard InChI is InChI=1S/C19H25N5O3S/c1-6-11-24-16(14-9-7-8-10-15(14)27-5)22-23-19(24)28-13(4)17(25)21-18(26)20-12(2)3/h6-10,12-13H,1,11H2,2-5H3,(H2,20,21,25,26)/t13-/m1/s1. The number of thioether (sulfide) groups is 1. The van der Waals surface area contributed by atoms with Gasteiger partial charge < -0.3 is 10.1 Å². The number of carbonyl (C=O) groups is 2. The van der Waals surface area contributed by atoms with Crippen LogP contribution in [0.1, 0.15) is 20.8 Å². The van der Waals surface area contributed by atoms with E-state index >= 15 is 0 Å². The number of nitrogens with zero attached hydrogens (tertiary/aromatic N) is 3. The number of para-hydroxylation sites is 1. The van der Waals surface area contributed by atoms with E-state index in [4.69, 9.17) is 4.74 Å². The van der Waals surface area contributed by atoms with Crippen molar-refractivity contribution < 1.29 is 14.3 Å². The zero-order chi connectivity index (χ0) is 20.7. The van der Waals surface area contributed by atoms with Crippen molar-refractivity contribution in [1.82, 2.24) is 25.4 Å². The zero-order valence-corrected chi connectivity index (χ0v) is 17.2. The van der Waals surface area contributed by atoms with Crippen LogP contribution in [0.2, 0.25) is 0 Å². The number of rotatable bonds is 8. The van der Waals surface area contributed by atoms with Crippen molar-refractivity contribution in [3.63, 3.8) is 0 Å². The van der Waals surface area contributed by atoms with E-state index in [-0.39, 0.29) is 6.04 Å². The number of ether oxygens (including phenoxy) is 1. The number of amides is 3. The zero-order valence-electron chi connectivity index (χ0n) is 16.4. The Morgan fingerprint density at radius 3 is 2.64 bits per heavy atom. The summed E-state index contributed by atoms with van der Waals surface area (Å²) < 4.78 is 7.27. The molecular formula is C19H25N5O3S. The molecule has 0 spiro atoms. The number of methoxy groups -OCH3 is 1. The van der Waals surface area contributed by atoms with Gasteiger partial charge in [0.15, 0.2) is 11.0 Å². The van der Waals surface area contributed by atoms with E-state index in [1.807, 2.05) is 42.7 Å². The van der Waals surface area contributed by atoms with Crippen LogP contribution in [0, 0.1) is 0 Å². The largest absolute Gasteiger partial charge is 0.496 e. The van der Waals surface area contributed by atoms with Crippen LogP contribution in [0.3, 0.4) is 0 Å². The number of carbonyl (C=O) groups excluding carboxylic acids is 2. The summed E-state index contributed by atoms with van der Waals surface area (Å²) in [7, 11) is 1.59. The molecule has 8 nitrogen and oxygen atoms in total. The van der Waals surface area contributed by atoms with E-state index in [1.54, 1.807) is 20.1 Å². The Balaban J connectivity index is 2.22. The summed E-state index contributed by atoms with van der Waals surface area (Å²) in [6.45, 7) is 9.59. The van der Waals surface area contributed by atoms with Gasteiger partial charge in [0.05, 0.1) is 17.9 Å². The Morgan fingerprint density at radius 1 is 1.29 bits per heavy atom. The summed E-state index contributed by atoms with van der Waals surface area (Å²) in [6.07, 6.45) is 1.73. The van der Waals surface area contributed by atoms with Gasteiger partial charge in [-0.2, -0.15) is 0 Å². The van der Waals surface area contributed by atoms with Crippen molar-refractivity contribution in [2.24, 2.45) is 0 Å². The number of aromatic nitrogens is 3. The third-order valence-corrected chi connectivity index (χ3v) is 4.76. The molecule has 1 atom stereocenters. The van der Waals surface area contributed by atoms with Gasteiger partial charge >= 0.3 is 6.03 Å². The fourth-order valence-electron chi connectivity index (χ4n) is 2.42. The van der Waals surface area contributed by atoms with Gasteiger partial charge in [-0.3, -0.25) is 14.7 Å². The number of hydrogen-bond donors (Lipinski definition) is 2. The van der Waals surface area contributed by atoms with E-state index < -0.39 is 17.2 Å². The van der Waals surface area contributed by atoms with E-state index in [0.717, 1.165) is 5.56 Å².